The molecule has 0 saturated carbocycles. The van der Waals surface area contributed by atoms with Crippen molar-refractivity contribution in [2.45, 2.75) is 24.9 Å². The van der Waals surface area contributed by atoms with E-state index >= 15 is 0 Å². The van der Waals surface area contributed by atoms with Crippen molar-refractivity contribution in [3.8, 4) is 0 Å². The van der Waals surface area contributed by atoms with Crippen LogP contribution in [0.3, 0.4) is 0 Å². The molecule has 6 nitrogen and oxygen atoms in total. The summed E-state index contributed by atoms with van der Waals surface area (Å²) in [6.07, 6.45) is 3.28. The molecule has 1 atom stereocenters. The molecule has 1 N–H and O–H groups in total. The Morgan fingerprint density at radius 3 is 2.52 bits per heavy atom. The number of nitrogens with zero attached hydrogens (tertiary/aromatic N) is 3. The zero-order chi connectivity index (χ0) is 17.8. The number of carbonyl (C=O) groups excluding carboxylic acids is 1. The van der Waals surface area contributed by atoms with Gasteiger partial charge in [0.1, 0.15) is 5.82 Å². The Bertz CT molecular complexity index is 708. The smallest absolute Gasteiger partial charge is 0.409 e. The second-order valence-electron chi connectivity index (χ2n) is 6.30. The maximum Gasteiger partial charge on any atom is 0.409 e. The number of aryl methyl sites for hydroxylation is 1. The number of benzene rings is 1. The molecular formula is C18H23FN4O2. The largest absolute Gasteiger partial charge is 0.453 e. The molecule has 2 aromatic rings. The molecule has 134 valence electrons. The molecule has 1 aliphatic heterocycles. The molecule has 1 unspecified atom stereocenters. The summed E-state index contributed by atoms with van der Waals surface area (Å²) >= 11 is 0. The highest BCUT2D eigenvalue weighted by molar-refractivity contribution is 5.67. The van der Waals surface area contributed by atoms with E-state index in [1.807, 2.05) is 19.3 Å². The van der Waals surface area contributed by atoms with E-state index in [1.54, 1.807) is 21.7 Å². The molecule has 1 aromatic heterocycles. The number of nitrogens with one attached hydrogen (secondary N) is 1. The zero-order valence-electron chi connectivity index (χ0n) is 14.5. The lowest BCUT2D eigenvalue weighted by Crippen LogP contribution is -2.46. The summed E-state index contributed by atoms with van der Waals surface area (Å²) in [6.45, 7) is 1.31. The van der Waals surface area contributed by atoms with Crippen LogP contribution in [-0.2, 0) is 11.8 Å². The van der Waals surface area contributed by atoms with Gasteiger partial charge in [-0.3, -0.25) is 4.68 Å². The Labute approximate surface area is 146 Å². The molecule has 25 heavy (non-hydrogen) atoms. The first-order valence-electron chi connectivity index (χ1n) is 8.41. The highest BCUT2D eigenvalue weighted by Gasteiger charge is 2.26. The lowest BCUT2D eigenvalue weighted by molar-refractivity contribution is 0.109. The monoisotopic (exact) mass is 346 g/mol. The molecule has 0 radical (unpaired) electrons. The minimum Gasteiger partial charge on any atom is -0.453 e. The normalized spacial score (nSPS) is 16.7. The van der Waals surface area contributed by atoms with Gasteiger partial charge < -0.3 is 15.0 Å². The number of amides is 1. The van der Waals surface area contributed by atoms with Gasteiger partial charge in [-0.2, -0.15) is 5.10 Å². The Kier molecular flexibility index (Phi) is 5.33. The predicted molar refractivity (Wildman–Crippen MR) is 91.6 cm³/mol. The minimum absolute atomic E-state index is 0.114. The fourth-order valence-corrected chi connectivity index (χ4v) is 3.19. The van der Waals surface area contributed by atoms with E-state index in [2.05, 4.69) is 10.4 Å². The van der Waals surface area contributed by atoms with Crippen molar-refractivity contribution in [3.05, 3.63) is 53.6 Å². The van der Waals surface area contributed by atoms with Gasteiger partial charge in [0.25, 0.3) is 0 Å². The molecule has 7 heteroatoms. The van der Waals surface area contributed by atoms with E-state index < -0.39 is 0 Å². The predicted octanol–water partition coefficient (Wildman–Crippen LogP) is 2.47. The molecule has 0 aliphatic carbocycles. The zero-order valence-corrected chi connectivity index (χ0v) is 14.5. The first-order valence-corrected chi connectivity index (χ1v) is 8.41. The SMILES string of the molecule is COC(=O)N1CCC(NC(c2ccc(F)cc2)c2ccn(C)n2)CC1. The molecule has 0 spiro atoms. The molecular weight excluding hydrogens is 323 g/mol. The van der Waals surface area contributed by atoms with Gasteiger partial charge in [-0.1, -0.05) is 12.1 Å². The van der Waals surface area contributed by atoms with Gasteiger partial charge in [0.15, 0.2) is 0 Å². The number of carbonyl (C=O) groups is 1. The average molecular weight is 346 g/mol. The maximum absolute atomic E-state index is 13.3. The van der Waals surface area contributed by atoms with Crippen molar-refractivity contribution in [2.75, 3.05) is 20.2 Å². The molecule has 1 fully saturated rings. The Morgan fingerprint density at radius 1 is 1.28 bits per heavy atom. The van der Waals surface area contributed by atoms with E-state index in [4.69, 9.17) is 4.74 Å². The Morgan fingerprint density at radius 2 is 1.96 bits per heavy atom. The highest BCUT2D eigenvalue weighted by atomic mass is 19.1. The molecule has 1 aliphatic rings. The summed E-state index contributed by atoms with van der Waals surface area (Å²) in [4.78, 5) is 13.3. The summed E-state index contributed by atoms with van der Waals surface area (Å²) < 4.78 is 19.8. The number of hydrogen-bond donors (Lipinski definition) is 1. The number of halogens is 1. The number of piperidine rings is 1. The van der Waals surface area contributed by atoms with Gasteiger partial charge >= 0.3 is 6.09 Å². The van der Waals surface area contributed by atoms with Crippen LogP contribution < -0.4 is 5.32 Å². The van der Waals surface area contributed by atoms with Crippen LogP contribution in [0.1, 0.15) is 30.1 Å². The van der Waals surface area contributed by atoms with E-state index in [1.165, 1.54) is 19.2 Å². The van der Waals surface area contributed by atoms with Crippen molar-refractivity contribution < 1.29 is 13.9 Å². The fourth-order valence-electron chi connectivity index (χ4n) is 3.19. The topological polar surface area (TPSA) is 59.4 Å². The third kappa shape index (κ3) is 4.17. The molecule has 3 rings (SSSR count). The lowest BCUT2D eigenvalue weighted by Gasteiger charge is -2.33. The summed E-state index contributed by atoms with van der Waals surface area (Å²) in [5, 5.41) is 8.13. The summed E-state index contributed by atoms with van der Waals surface area (Å²) in [6, 6.07) is 8.59. The minimum atomic E-state index is -0.279. The standard InChI is InChI=1S/C18H23FN4O2/c1-22-10-9-16(21-22)17(13-3-5-14(19)6-4-13)20-15-7-11-23(12-8-15)18(24)25-2/h3-6,9-10,15,17,20H,7-8,11-12H2,1-2H3. The maximum atomic E-state index is 13.3. The fraction of sp³-hybridized carbons (Fsp3) is 0.444. The van der Waals surface area contributed by atoms with Gasteiger partial charge in [0, 0.05) is 32.4 Å². The van der Waals surface area contributed by atoms with E-state index in [-0.39, 0.29) is 24.0 Å². The Balaban J connectivity index is 1.73. The molecule has 1 saturated heterocycles. The number of ether oxygens (including phenoxy) is 1. The summed E-state index contributed by atoms with van der Waals surface area (Å²) in [7, 11) is 3.28. The van der Waals surface area contributed by atoms with Gasteiger partial charge in [-0.25, -0.2) is 9.18 Å². The number of hydrogen-bond acceptors (Lipinski definition) is 4. The molecule has 2 heterocycles. The summed E-state index contributed by atoms with van der Waals surface area (Å²) in [5.74, 6) is -0.255. The number of aromatic nitrogens is 2. The van der Waals surface area contributed by atoms with E-state index in [0.29, 0.717) is 13.1 Å². The van der Waals surface area contributed by atoms with E-state index in [9.17, 15) is 9.18 Å². The van der Waals surface area contributed by atoms with Gasteiger partial charge in [0.05, 0.1) is 18.8 Å². The second-order valence-corrected chi connectivity index (χ2v) is 6.30. The van der Waals surface area contributed by atoms with Crippen LogP contribution in [0, 0.1) is 5.82 Å². The average Bonchev–Trinajstić information content (AvgIpc) is 3.06. The first-order chi connectivity index (χ1) is 12.1. The van der Waals surface area contributed by atoms with Crippen molar-refractivity contribution >= 4 is 6.09 Å². The van der Waals surface area contributed by atoms with Gasteiger partial charge in [0.2, 0.25) is 0 Å². The summed E-state index contributed by atoms with van der Waals surface area (Å²) in [5.41, 5.74) is 1.86. The second kappa shape index (κ2) is 7.65. The lowest BCUT2D eigenvalue weighted by atomic mass is 9.99. The third-order valence-electron chi connectivity index (χ3n) is 4.56. The molecule has 1 aromatic carbocycles. The van der Waals surface area contributed by atoms with Crippen LogP contribution in [-0.4, -0.2) is 47.0 Å². The van der Waals surface area contributed by atoms with Crippen LogP contribution in [0.5, 0.6) is 0 Å². The van der Waals surface area contributed by atoms with Crippen LogP contribution in [0.2, 0.25) is 0 Å². The van der Waals surface area contributed by atoms with Crippen molar-refractivity contribution in [3.63, 3.8) is 0 Å². The third-order valence-corrected chi connectivity index (χ3v) is 4.56. The highest BCUT2D eigenvalue weighted by Crippen LogP contribution is 2.24. The van der Waals surface area contributed by atoms with Crippen LogP contribution in [0.25, 0.3) is 0 Å². The quantitative estimate of drug-likeness (QED) is 0.924. The molecule has 0 bridgehead atoms. The van der Waals surface area contributed by atoms with E-state index in [0.717, 1.165) is 24.1 Å². The first kappa shape index (κ1) is 17.4. The van der Waals surface area contributed by atoms with Crippen LogP contribution in [0.15, 0.2) is 36.5 Å². The number of methoxy groups -OCH3 is 1. The van der Waals surface area contributed by atoms with Crippen molar-refractivity contribution in [1.29, 1.82) is 0 Å². The van der Waals surface area contributed by atoms with Crippen LogP contribution >= 0.6 is 0 Å². The molecule has 1 amide bonds. The number of rotatable bonds is 4. The van der Waals surface area contributed by atoms with Crippen LogP contribution in [0.4, 0.5) is 9.18 Å². The van der Waals surface area contributed by atoms with Crippen molar-refractivity contribution in [1.82, 2.24) is 20.0 Å². The number of likely N-dealkylation sites (tertiary alicyclic amines) is 1. The van der Waals surface area contributed by atoms with Crippen molar-refractivity contribution in [2.24, 2.45) is 7.05 Å². The van der Waals surface area contributed by atoms with Gasteiger partial charge in [-0.05, 0) is 36.6 Å². The van der Waals surface area contributed by atoms with Gasteiger partial charge in [-0.15, -0.1) is 0 Å². The Hall–Kier alpha value is -2.41.